The zero-order valence-corrected chi connectivity index (χ0v) is 16.4. The van der Waals surface area contributed by atoms with E-state index in [1.54, 1.807) is 30.3 Å². The summed E-state index contributed by atoms with van der Waals surface area (Å²) < 4.78 is 15.4. The topological polar surface area (TPSA) is 94.8 Å². The molecule has 0 aliphatic carbocycles. The van der Waals surface area contributed by atoms with Crippen molar-refractivity contribution in [1.29, 1.82) is 0 Å². The third-order valence-electron chi connectivity index (χ3n) is 4.58. The highest BCUT2D eigenvalue weighted by Crippen LogP contribution is 2.28. The molecule has 0 fully saturated rings. The van der Waals surface area contributed by atoms with Crippen LogP contribution in [0.5, 0.6) is 5.75 Å². The van der Waals surface area contributed by atoms with Gasteiger partial charge in [-0.05, 0) is 42.7 Å². The standard InChI is InChI=1S/C22H21NO6/c1-13-10-21(25)29-19-12-18(27-2)14(11-16(13)19)8-9-20(24)23-17-7-5-4-6-15(17)22(26)28-3/h4-7,10-12H,8-9H2,1-3H3,(H,23,24). The highest BCUT2D eigenvalue weighted by molar-refractivity contribution is 6.01. The zero-order chi connectivity index (χ0) is 21.0. The van der Waals surface area contributed by atoms with E-state index in [1.807, 2.05) is 13.0 Å². The predicted molar refractivity (Wildman–Crippen MR) is 109 cm³/mol. The molecule has 1 N–H and O–H groups in total. The fraction of sp³-hybridized carbons (Fsp3) is 0.227. The minimum absolute atomic E-state index is 0.174. The molecule has 0 atom stereocenters. The van der Waals surface area contributed by atoms with E-state index in [2.05, 4.69) is 5.32 Å². The first kappa shape index (κ1) is 20.1. The summed E-state index contributed by atoms with van der Waals surface area (Å²) in [6, 6.07) is 11.6. The number of rotatable bonds is 6. The Balaban J connectivity index is 1.79. The molecule has 1 amide bonds. The van der Waals surface area contributed by atoms with Crippen LogP contribution in [-0.4, -0.2) is 26.1 Å². The van der Waals surface area contributed by atoms with Crippen molar-refractivity contribution in [2.24, 2.45) is 0 Å². The van der Waals surface area contributed by atoms with Gasteiger partial charge in [0.25, 0.3) is 0 Å². The number of esters is 1. The van der Waals surface area contributed by atoms with Crippen molar-refractivity contribution in [2.75, 3.05) is 19.5 Å². The normalized spacial score (nSPS) is 10.6. The quantitative estimate of drug-likeness (QED) is 0.507. The van der Waals surface area contributed by atoms with Crippen molar-refractivity contribution < 1.29 is 23.5 Å². The number of ether oxygens (including phenoxy) is 2. The highest BCUT2D eigenvalue weighted by Gasteiger charge is 2.15. The number of amides is 1. The van der Waals surface area contributed by atoms with E-state index in [0.717, 1.165) is 16.5 Å². The Bertz CT molecular complexity index is 1130. The molecule has 0 saturated carbocycles. The van der Waals surface area contributed by atoms with Gasteiger partial charge in [-0.15, -0.1) is 0 Å². The van der Waals surface area contributed by atoms with Crippen LogP contribution in [0.3, 0.4) is 0 Å². The van der Waals surface area contributed by atoms with Crippen LogP contribution < -0.4 is 15.7 Å². The smallest absolute Gasteiger partial charge is 0.339 e. The number of benzene rings is 2. The Labute approximate surface area is 167 Å². The Hall–Kier alpha value is -3.61. The van der Waals surface area contributed by atoms with Crippen molar-refractivity contribution in [1.82, 2.24) is 0 Å². The molecule has 0 aliphatic heterocycles. The fourth-order valence-electron chi connectivity index (χ4n) is 3.12. The second-order valence-corrected chi connectivity index (χ2v) is 6.49. The lowest BCUT2D eigenvalue weighted by Gasteiger charge is -2.12. The van der Waals surface area contributed by atoms with Gasteiger partial charge in [-0.1, -0.05) is 12.1 Å². The van der Waals surface area contributed by atoms with Crippen molar-refractivity contribution >= 4 is 28.5 Å². The lowest BCUT2D eigenvalue weighted by Crippen LogP contribution is -2.15. The van der Waals surface area contributed by atoms with E-state index >= 15 is 0 Å². The van der Waals surface area contributed by atoms with Gasteiger partial charge in [0.1, 0.15) is 11.3 Å². The van der Waals surface area contributed by atoms with Crippen LogP contribution in [0.1, 0.15) is 27.9 Å². The minimum atomic E-state index is -0.519. The molecule has 0 saturated heterocycles. The van der Waals surface area contributed by atoms with Gasteiger partial charge >= 0.3 is 11.6 Å². The SMILES string of the molecule is COC(=O)c1ccccc1NC(=O)CCc1cc2c(C)cc(=O)oc2cc1OC. The van der Waals surface area contributed by atoms with E-state index in [1.165, 1.54) is 20.3 Å². The molecule has 150 valence electrons. The van der Waals surface area contributed by atoms with E-state index < -0.39 is 11.6 Å². The molecule has 0 bridgehead atoms. The molecular weight excluding hydrogens is 374 g/mol. The molecule has 0 unspecified atom stereocenters. The molecule has 0 radical (unpaired) electrons. The monoisotopic (exact) mass is 395 g/mol. The Morgan fingerprint density at radius 1 is 1.10 bits per heavy atom. The summed E-state index contributed by atoms with van der Waals surface area (Å²) in [7, 11) is 2.81. The first-order valence-electron chi connectivity index (χ1n) is 9.01. The molecule has 3 rings (SSSR count). The van der Waals surface area contributed by atoms with Gasteiger partial charge in [0.05, 0.1) is 25.5 Å². The molecule has 7 nitrogen and oxygen atoms in total. The van der Waals surface area contributed by atoms with Crippen molar-refractivity contribution in [2.45, 2.75) is 19.8 Å². The number of nitrogens with one attached hydrogen (secondary N) is 1. The molecule has 1 heterocycles. The lowest BCUT2D eigenvalue weighted by atomic mass is 10.0. The minimum Gasteiger partial charge on any atom is -0.496 e. The second-order valence-electron chi connectivity index (χ2n) is 6.49. The number of carbonyl (C=O) groups is 2. The van der Waals surface area contributed by atoms with E-state index in [4.69, 9.17) is 13.9 Å². The maximum Gasteiger partial charge on any atom is 0.339 e. The third-order valence-corrected chi connectivity index (χ3v) is 4.58. The Morgan fingerprint density at radius 3 is 2.59 bits per heavy atom. The molecule has 7 heteroatoms. The van der Waals surface area contributed by atoms with Crippen molar-refractivity contribution in [3.63, 3.8) is 0 Å². The third kappa shape index (κ3) is 4.45. The molecule has 0 spiro atoms. The van der Waals surface area contributed by atoms with Gasteiger partial charge in [0.15, 0.2) is 0 Å². The van der Waals surface area contributed by atoms with Gasteiger partial charge < -0.3 is 19.2 Å². The Morgan fingerprint density at radius 2 is 1.86 bits per heavy atom. The van der Waals surface area contributed by atoms with E-state index in [9.17, 15) is 14.4 Å². The summed E-state index contributed by atoms with van der Waals surface area (Å²) in [4.78, 5) is 35.9. The Kier molecular flexibility index (Phi) is 5.97. The van der Waals surface area contributed by atoms with Crippen LogP contribution in [0.15, 0.2) is 51.7 Å². The van der Waals surface area contributed by atoms with Crippen LogP contribution in [0, 0.1) is 6.92 Å². The maximum absolute atomic E-state index is 12.5. The molecular formula is C22H21NO6. The van der Waals surface area contributed by atoms with Crippen LogP contribution in [0.25, 0.3) is 11.0 Å². The number of fused-ring (bicyclic) bond motifs is 1. The van der Waals surface area contributed by atoms with Gasteiger partial charge in [0.2, 0.25) is 5.91 Å². The highest BCUT2D eigenvalue weighted by atomic mass is 16.5. The summed E-state index contributed by atoms with van der Waals surface area (Å²) in [5, 5.41) is 3.54. The largest absolute Gasteiger partial charge is 0.496 e. The molecule has 0 aliphatic rings. The van der Waals surface area contributed by atoms with E-state index in [-0.39, 0.29) is 17.9 Å². The summed E-state index contributed by atoms with van der Waals surface area (Å²) in [6.45, 7) is 1.83. The number of methoxy groups -OCH3 is 2. The number of anilines is 1. The van der Waals surface area contributed by atoms with Crippen LogP contribution >= 0.6 is 0 Å². The van der Waals surface area contributed by atoms with Crippen molar-refractivity contribution in [3.8, 4) is 5.75 Å². The summed E-state index contributed by atoms with van der Waals surface area (Å²) in [6.07, 6.45) is 0.580. The predicted octanol–water partition coefficient (Wildman–Crippen LogP) is 3.47. The maximum atomic E-state index is 12.5. The van der Waals surface area contributed by atoms with Gasteiger partial charge in [-0.3, -0.25) is 4.79 Å². The summed E-state index contributed by atoms with van der Waals surface area (Å²) in [5.74, 6) is -0.233. The van der Waals surface area contributed by atoms with E-state index in [0.29, 0.717) is 23.4 Å². The van der Waals surface area contributed by atoms with Gasteiger partial charge in [0, 0.05) is 23.9 Å². The lowest BCUT2D eigenvalue weighted by molar-refractivity contribution is -0.116. The molecule has 29 heavy (non-hydrogen) atoms. The number of hydrogen-bond donors (Lipinski definition) is 1. The number of aryl methyl sites for hydroxylation is 2. The van der Waals surface area contributed by atoms with Crippen LogP contribution in [0.2, 0.25) is 0 Å². The van der Waals surface area contributed by atoms with Crippen molar-refractivity contribution in [3.05, 3.63) is 69.6 Å². The summed E-state index contributed by atoms with van der Waals surface area (Å²) >= 11 is 0. The first-order valence-corrected chi connectivity index (χ1v) is 9.01. The number of carbonyl (C=O) groups excluding carboxylic acids is 2. The zero-order valence-electron chi connectivity index (χ0n) is 16.4. The molecule has 2 aromatic carbocycles. The summed E-state index contributed by atoms with van der Waals surface area (Å²) in [5.41, 5.74) is 2.30. The number of hydrogen-bond acceptors (Lipinski definition) is 6. The second kappa shape index (κ2) is 8.60. The number of para-hydroxylation sites is 1. The molecule has 3 aromatic rings. The fourth-order valence-corrected chi connectivity index (χ4v) is 3.12. The average Bonchev–Trinajstić information content (AvgIpc) is 2.71. The van der Waals surface area contributed by atoms with Crippen LogP contribution in [0.4, 0.5) is 5.69 Å². The average molecular weight is 395 g/mol. The van der Waals surface area contributed by atoms with Crippen LogP contribution in [-0.2, 0) is 16.0 Å². The molecule has 1 aromatic heterocycles. The van der Waals surface area contributed by atoms with Gasteiger partial charge in [-0.2, -0.15) is 0 Å². The van der Waals surface area contributed by atoms with Gasteiger partial charge in [-0.25, -0.2) is 9.59 Å². The first-order chi connectivity index (χ1) is 13.9.